The van der Waals surface area contributed by atoms with Crippen LogP contribution in [0.4, 0.5) is 0 Å². The van der Waals surface area contributed by atoms with E-state index in [-0.39, 0.29) is 11.2 Å². The Kier molecular flexibility index (Phi) is 6.55. The molecule has 0 heterocycles. The van der Waals surface area contributed by atoms with Gasteiger partial charge in [0.05, 0.1) is 19.5 Å². The van der Waals surface area contributed by atoms with Crippen molar-refractivity contribution in [3.8, 4) is 11.5 Å². The van der Waals surface area contributed by atoms with E-state index in [0.717, 1.165) is 10.5 Å². The fourth-order valence-corrected chi connectivity index (χ4v) is 3.11. The van der Waals surface area contributed by atoms with Gasteiger partial charge in [-0.1, -0.05) is 29.8 Å². The predicted molar refractivity (Wildman–Crippen MR) is 97.9 cm³/mol. The summed E-state index contributed by atoms with van der Waals surface area (Å²) in [5.41, 5.74) is 2.31. The average Bonchev–Trinajstić information content (AvgIpc) is 2.60. The lowest BCUT2D eigenvalue weighted by molar-refractivity contribution is -0.120. The van der Waals surface area contributed by atoms with E-state index < -0.39 is 0 Å². The molecule has 2 aromatic rings. The van der Waals surface area contributed by atoms with Gasteiger partial charge in [0.15, 0.2) is 11.5 Å². The second-order valence-corrected chi connectivity index (χ2v) is 6.89. The lowest BCUT2D eigenvalue weighted by Gasteiger charge is -2.14. The monoisotopic (exact) mass is 345 g/mol. The number of aryl methyl sites for hydroxylation is 1. The fourth-order valence-electron chi connectivity index (χ4n) is 2.19. The lowest BCUT2D eigenvalue weighted by Crippen LogP contribution is -2.30. The van der Waals surface area contributed by atoms with Gasteiger partial charge in [-0.15, -0.1) is 11.8 Å². The molecule has 5 heteroatoms. The van der Waals surface area contributed by atoms with Gasteiger partial charge in [0, 0.05) is 11.4 Å². The quantitative estimate of drug-likeness (QED) is 0.775. The van der Waals surface area contributed by atoms with Gasteiger partial charge in [0.1, 0.15) is 0 Å². The van der Waals surface area contributed by atoms with Crippen LogP contribution < -0.4 is 14.8 Å². The zero-order valence-electron chi connectivity index (χ0n) is 14.5. The molecule has 0 aliphatic rings. The number of thioether (sulfide) groups is 1. The van der Waals surface area contributed by atoms with Crippen molar-refractivity contribution in [1.29, 1.82) is 0 Å². The molecule has 2 rings (SSSR count). The average molecular weight is 345 g/mol. The van der Waals surface area contributed by atoms with Crippen LogP contribution in [0.25, 0.3) is 0 Å². The van der Waals surface area contributed by atoms with E-state index in [4.69, 9.17) is 9.47 Å². The van der Waals surface area contributed by atoms with Crippen molar-refractivity contribution < 1.29 is 14.3 Å². The molecule has 0 unspecified atom stereocenters. The molecule has 1 atom stereocenters. The summed E-state index contributed by atoms with van der Waals surface area (Å²) in [6.07, 6.45) is 0. The van der Waals surface area contributed by atoms with Gasteiger partial charge in [0.2, 0.25) is 5.91 Å². The largest absolute Gasteiger partial charge is 0.493 e. The number of hydrogen-bond donors (Lipinski definition) is 1. The van der Waals surface area contributed by atoms with Gasteiger partial charge in [-0.3, -0.25) is 4.79 Å². The first-order chi connectivity index (χ1) is 11.5. The standard InChI is InChI=1S/C19H23NO3S/c1-13-5-7-15(8-6-13)12-20-19(21)14(2)24-16-9-10-17(22-3)18(11-16)23-4/h5-11,14H,12H2,1-4H3,(H,20,21)/t14-/m1/s1. The summed E-state index contributed by atoms with van der Waals surface area (Å²) in [6.45, 7) is 4.48. The zero-order valence-corrected chi connectivity index (χ0v) is 15.3. The maximum absolute atomic E-state index is 12.3. The molecule has 0 saturated heterocycles. The maximum atomic E-state index is 12.3. The number of amides is 1. The van der Waals surface area contributed by atoms with Crippen LogP contribution in [0.5, 0.6) is 11.5 Å². The number of ether oxygens (including phenoxy) is 2. The first-order valence-corrected chi connectivity index (χ1v) is 8.63. The lowest BCUT2D eigenvalue weighted by atomic mass is 10.1. The van der Waals surface area contributed by atoms with Gasteiger partial charge in [-0.05, 0) is 37.6 Å². The van der Waals surface area contributed by atoms with Gasteiger partial charge < -0.3 is 14.8 Å². The van der Waals surface area contributed by atoms with Crippen LogP contribution in [0, 0.1) is 6.92 Å². The Morgan fingerprint density at radius 1 is 1.08 bits per heavy atom. The third-order valence-electron chi connectivity index (χ3n) is 3.62. The Morgan fingerprint density at radius 3 is 2.38 bits per heavy atom. The smallest absolute Gasteiger partial charge is 0.233 e. The minimum absolute atomic E-state index is 0.00959. The third kappa shape index (κ3) is 4.93. The summed E-state index contributed by atoms with van der Waals surface area (Å²) in [5.74, 6) is 1.35. The molecule has 0 aliphatic carbocycles. The van der Waals surface area contributed by atoms with Crippen molar-refractivity contribution in [3.63, 3.8) is 0 Å². The molecule has 4 nitrogen and oxygen atoms in total. The van der Waals surface area contributed by atoms with E-state index in [1.807, 2.05) is 56.3 Å². The molecule has 2 aromatic carbocycles. The summed E-state index contributed by atoms with van der Waals surface area (Å²) < 4.78 is 10.5. The van der Waals surface area contributed by atoms with Crippen molar-refractivity contribution in [3.05, 3.63) is 53.6 Å². The number of carbonyl (C=O) groups is 1. The highest BCUT2D eigenvalue weighted by Crippen LogP contribution is 2.33. The van der Waals surface area contributed by atoms with Crippen molar-refractivity contribution >= 4 is 17.7 Å². The molecule has 0 saturated carbocycles. The van der Waals surface area contributed by atoms with Gasteiger partial charge >= 0.3 is 0 Å². The molecule has 0 fully saturated rings. The van der Waals surface area contributed by atoms with Crippen LogP contribution in [0.3, 0.4) is 0 Å². The van der Waals surface area contributed by atoms with Crippen LogP contribution in [0.15, 0.2) is 47.4 Å². The Hall–Kier alpha value is -2.14. The van der Waals surface area contributed by atoms with Crippen LogP contribution >= 0.6 is 11.8 Å². The third-order valence-corrected chi connectivity index (χ3v) is 4.72. The predicted octanol–water partition coefficient (Wildman–Crippen LogP) is 3.81. The molecule has 0 spiro atoms. The number of hydrogen-bond acceptors (Lipinski definition) is 4. The molecule has 24 heavy (non-hydrogen) atoms. The molecule has 128 valence electrons. The Morgan fingerprint density at radius 2 is 1.75 bits per heavy atom. The number of nitrogens with one attached hydrogen (secondary N) is 1. The minimum Gasteiger partial charge on any atom is -0.493 e. The Bertz CT molecular complexity index is 686. The van der Waals surface area contributed by atoms with E-state index in [2.05, 4.69) is 5.32 Å². The zero-order chi connectivity index (χ0) is 17.5. The SMILES string of the molecule is COc1ccc(S[C@H](C)C(=O)NCc2ccc(C)cc2)cc1OC. The van der Waals surface area contributed by atoms with Crippen molar-refractivity contribution in [2.24, 2.45) is 0 Å². The topological polar surface area (TPSA) is 47.6 Å². The highest BCUT2D eigenvalue weighted by Gasteiger charge is 2.15. The molecular weight excluding hydrogens is 322 g/mol. The summed E-state index contributed by atoms with van der Waals surface area (Å²) >= 11 is 1.49. The van der Waals surface area contributed by atoms with Gasteiger partial charge in [-0.2, -0.15) is 0 Å². The summed E-state index contributed by atoms with van der Waals surface area (Å²) in [7, 11) is 3.20. The first kappa shape index (κ1) is 18.2. The van der Waals surface area contributed by atoms with Crippen LogP contribution in [-0.2, 0) is 11.3 Å². The second kappa shape index (κ2) is 8.64. The van der Waals surface area contributed by atoms with E-state index in [1.165, 1.54) is 17.3 Å². The van der Waals surface area contributed by atoms with Crippen molar-refractivity contribution in [2.45, 2.75) is 30.5 Å². The van der Waals surface area contributed by atoms with Crippen LogP contribution in [0.2, 0.25) is 0 Å². The van der Waals surface area contributed by atoms with E-state index in [1.54, 1.807) is 14.2 Å². The van der Waals surface area contributed by atoms with E-state index in [0.29, 0.717) is 18.0 Å². The van der Waals surface area contributed by atoms with Crippen LogP contribution in [-0.4, -0.2) is 25.4 Å². The minimum atomic E-state index is -0.200. The maximum Gasteiger partial charge on any atom is 0.233 e. The Labute approximate surface area is 147 Å². The molecule has 0 aliphatic heterocycles. The molecular formula is C19H23NO3S. The molecule has 1 amide bonds. The molecule has 0 bridgehead atoms. The molecule has 0 radical (unpaired) electrons. The second-order valence-electron chi connectivity index (χ2n) is 5.48. The number of carbonyl (C=O) groups excluding carboxylic acids is 1. The highest BCUT2D eigenvalue weighted by atomic mass is 32.2. The molecule has 1 N–H and O–H groups in total. The van der Waals surface area contributed by atoms with Gasteiger partial charge in [-0.25, -0.2) is 0 Å². The van der Waals surface area contributed by atoms with Gasteiger partial charge in [0.25, 0.3) is 0 Å². The van der Waals surface area contributed by atoms with Crippen LogP contribution in [0.1, 0.15) is 18.1 Å². The van der Waals surface area contributed by atoms with E-state index in [9.17, 15) is 4.79 Å². The molecule has 0 aromatic heterocycles. The fraction of sp³-hybridized carbons (Fsp3) is 0.316. The highest BCUT2D eigenvalue weighted by molar-refractivity contribution is 8.00. The summed E-state index contributed by atoms with van der Waals surface area (Å²) in [5, 5.41) is 2.77. The van der Waals surface area contributed by atoms with Crippen molar-refractivity contribution in [1.82, 2.24) is 5.32 Å². The Balaban J connectivity index is 1.92. The number of rotatable bonds is 7. The summed E-state index contributed by atoms with van der Waals surface area (Å²) in [4.78, 5) is 13.2. The normalized spacial score (nSPS) is 11.7. The number of benzene rings is 2. The van der Waals surface area contributed by atoms with Crippen molar-refractivity contribution in [2.75, 3.05) is 14.2 Å². The van der Waals surface area contributed by atoms with E-state index >= 15 is 0 Å². The first-order valence-electron chi connectivity index (χ1n) is 7.75. The number of methoxy groups -OCH3 is 2. The summed E-state index contributed by atoms with van der Waals surface area (Å²) in [6, 6.07) is 13.8.